The number of rotatable bonds is 3. The highest BCUT2D eigenvalue weighted by molar-refractivity contribution is 7.20. The van der Waals surface area contributed by atoms with E-state index in [1.165, 1.54) is 16.9 Å². The number of aryl methyl sites for hydroxylation is 2. The summed E-state index contributed by atoms with van der Waals surface area (Å²) in [4.78, 5) is 12.5. The van der Waals surface area contributed by atoms with Gasteiger partial charge in [-0.05, 0) is 50.3 Å². The van der Waals surface area contributed by atoms with Gasteiger partial charge < -0.3 is 9.84 Å². The molecule has 0 unspecified atom stereocenters. The summed E-state index contributed by atoms with van der Waals surface area (Å²) in [5, 5.41) is 7.14. The van der Waals surface area contributed by atoms with Crippen LogP contribution in [0.3, 0.4) is 0 Å². The molecule has 134 valence electrons. The average molecular weight is 407 g/mol. The van der Waals surface area contributed by atoms with E-state index in [0.717, 1.165) is 48.3 Å². The summed E-state index contributed by atoms with van der Waals surface area (Å²) < 4.78 is 6.48. The zero-order valence-corrected chi connectivity index (χ0v) is 16.4. The molecule has 3 aromatic rings. The third-order valence-corrected chi connectivity index (χ3v) is 6.10. The quantitative estimate of drug-likeness (QED) is 0.567. The lowest BCUT2D eigenvalue weighted by atomic mass is 9.93. The highest BCUT2D eigenvalue weighted by Gasteiger charge is 2.21. The number of nitrogens with one attached hydrogen (secondary N) is 1. The predicted molar refractivity (Wildman–Crippen MR) is 106 cm³/mol. The van der Waals surface area contributed by atoms with Gasteiger partial charge in [0.15, 0.2) is 5.76 Å². The average Bonchev–Trinajstić information content (AvgIpc) is 3.20. The first kappa shape index (κ1) is 17.6. The molecule has 2 heterocycles. The van der Waals surface area contributed by atoms with Crippen LogP contribution in [-0.4, -0.2) is 11.1 Å². The normalized spacial score (nSPS) is 13.5. The molecule has 0 saturated heterocycles. The van der Waals surface area contributed by atoms with Crippen molar-refractivity contribution in [3.05, 3.63) is 55.3 Å². The summed E-state index contributed by atoms with van der Waals surface area (Å²) in [5.74, 6) is 0.518. The summed E-state index contributed by atoms with van der Waals surface area (Å²) in [5.41, 5.74) is 5.20. The van der Waals surface area contributed by atoms with Crippen LogP contribution in [0.2, 0.25) is 8.67 Å². The van der Waals surface area contributed by atoms with E-state index in [2.05, 4.69) is 10.5 Å². The van der Waals surface area contributed by atoms with E-state index in [4.69, 9.17) is 27.7 Å². The molecule has 0 spiro atoms. The van der Waals surface area contributed by atoms with E-state index in [1.807, 2.05) is 25.1 Å². The van der Waals surface area contributed by atoms with Crippen LogP contribution in [0.4, 0.5) is 5.69 Å². The molecule has 26 heavy (non-hydrogen) atoms. The number of nitrogens with zero attached hydrogens (tertiary/aromatic N) is 1. The Morgan fingerprint density at radius 1 is 1.23 bits per heavy atom. The molecular formula is C19H16Cl2N2O2S. The van der Waals surface area contributed by atoms with Crippen LogP contribution in [0.25, 0.3) is 11.3 Å². The van der Waals surface area contributed by atoms with Gasteiger partial charge in [-0.2, -0.15) is 0 Å². The van der Waals surface area contributed by atoms with Gasteiger partial charge in [-0.3, -0.25) is 4.79 Å². The molecule has 7 heteroatoms. The van der Waals surface area contributed by atoms with E-state index in [1.54, 1.807) is 6.07 Å². The number of halogens is 2. The summed E-state index contributed by atoms with van der Waals surface area (Å²) in [6.07, 6.45) is 4.24. The van der Waals surface area contributed by atoms with Crippen molar-refractivity contribution in [1.29, 1.82) is 0 Å². The van der Waals surface area contributed by atoms with E-state index < -0.39 is 0 Å². The Kier molecular flexibility index (Phi) is 4.78. The fourth-order valence-electron chi connectivity index (χ4n) is 3.20. The number of aromatic nitrogens is 1. The molecule has 0 aliphatic heterocycles. The number of thiophene rings is 1. The van der Waals surface area contributed by atoms with Crippen LogP contribution in [-0.2, 0) is 12.8 Å². The minimum absolute atomic E-state index is 0.280. The lowest BCUT2D eigenvalue weighted by Gasteiger charge is -2.12. The maximum atomic E-state index is 12.5. The molecule has 4 rings (SSSR count). The van der Waals surface area contributed by atoms with Crippen LogP contribution in [0, 0.1) is 6.92 Å². The molecule has 2 aromatic heterocycles. The number of fused-ring (bicyclic) bond motifs is 1. The van der Waals surface area contributed by atoms with Gasteiger partial charge in [-0.15, -0.1) is 11.3 Å². The van der Waals surface area contributed by atoms with Gasteiger partial charge in [0.05, 0.1) is 15.6 Å². The molecule has 1 aromatic carbocycles. The monoisotopic (exact) mass is 406 g/mol. The van der Waals surface area contributed by atoms with E-state index >= 15 is 0 Å². The molecular weight excluding hydrogens is 391 g/mol. The van der Waals surface area contributed by atoms with Crippen molar-refractivity contribution in [1.82, 2.24) is 5.16 Å². The zero-order chi connectivity index (χ0) is 18.3. The summed E-state index contributed by atoms with van der Waals surface area (Å²) in [6, 6.07) is 7.46. The van der Waals surface area contributed by atoms with Crippen molar-refractivity contribution in [3.8, 4) is 11.3 Å². The highest BCUT2D eigenvalue weighted by atomic mass is 35.5. The first-order chi connectivity index (χ1) is 12.5. The molecule has 1 aliphatic carbocycles. The SMILES string of the molecule is Cc1ccc(-c2onc3c2CCCC3)cc1NC(=O)c1cc(Cl)sc1Cl. The van der Waals surface area contributed by atoms with Crippen molar-refractivity contribution in [2.24, 2.45) is 0 Å². The number of benzene rings is 1. The minimum Gasteiger partial charge on any atom is -0.356 e. The van der Waals surface area contributed by atoms with Crippen molar-refractivity contribution >= 4 is 46.1 Å². The summed E-state index contributed by atoms with van der Waals surface area (Å²) in [6.45, 7) is 1.94. The molecule has 1 aliphatic rings. The van der Waals surface area contributed by atoms with Gasteiger partial charge in [-0.1, -0.05) is 40.5 Å². The fraction of sp³-hybridized carbons (Fsp3) is 0.263. The number of hydrogen-bond acceptors (Lipinski definition) is 4. The van der Waals surface area contributed by atoms with Gasteiger partial charge in [0, 0.05) is 16.8 Å². The molecule has 0 radical (unpaired) electrons. The minimum atomic E-state index is -0.280. The molecule has 0 atom stereocenters. The van der Waals surface area contributed by atoms with Gasteiger partial charge in [0.1, 0.15) is 4.34 Å². The van der Waals surface area contributed by atoms with Gasteiger partial charge in [0.2, 0.25) is 0 Å². The van der Waals surface area contributed by atoms with Gasteiger partial charge >= 0.3 is 0 Å². The van der Waals surface area contributed by atoms with E-state index in [9.17, 15) is 4.79 Å². The Balaban J connectivity index is 1.66. The van der Waals surface area contributed by atoms with Crippen LogP contribution in [0.5, 0.6) is 0 Å². The van der Waals surface area contributed by atoms with Crippen molar-refractivity contribution in [3.63, 3.8) is 0 Å². The highest BCUT2D eigenvalue weighted by Crippen LogP contribution is 2.35. The van der Waals surface area contributed by atoms with Crippen LogP contribution in [0.15, 0.2) is 28.8 Å². The van der Waals surface area contributed by atoms with Crippen molar-refractivity contribution in [2.45, 2.75) is 32.6 Å². The molecule has 1 amide bonds. The number of amides is 1. The van der Waals surface area contributed by atoms with E-state index in [-0.39, 0.29) is 5.91 Å². The van der Waals surface area contributed by atoms with Crippen molar-refractivity contribution < 1.29 is 9.32 Å². The van der Waals surface area contributed by atoms with E-state index in [0.29, 0.717) is 19.9 Å². The van der Waals surface area contributed by atoms with Crippen LogP contribution in [0.1, 0.15) is 40.0 Å². The second-order valence-electron chi connectivity index (χ2n) is 6.37. The largest absolute Gasteiger partial charge is 0.356 e. The molecule has 1 N–H and O–H groups in total. The fourth-order valence-corrected chi connectivity index (χ4v) is 4.66. The molecule has 0 fully saturated rings. The van der Waals surface area contributed by atoms with Crippen LogP contribution >= 0.6 is 34.5 Å². The third-order valence-electron chi connectivity index (χ3n) is 4.61. The Morgan fingerprint density at radius 3 is 2.81 bits per heavy atom. The first-order valence-corrected chi connectivity index (χ1v) is 9.95. The van der Waals surface area contributed by atoms with Gasteiger partial charge in [0.25, 0.3) is 5.91 Å². The number of carbonyl (C=O) groups excluding carboxylic acids is 1. The molecule has 0 bridgehead atoms. The maximum Gasteiger partial charge on any atom is 0.258 e. The Morgan fingerprint density at radius 2 is 2.04 bits per heavy atom. The van der Waals surface area contributed by atoms with Crippen molar-refractivity contribution in [2.75, 3.05) is 5.32 Å². The second kappa shape index (κ2) is 7.06. The lowest BCUT2D eigenvalue weighted by molar-refractivity contribution is 0.102. The summed E-state index contributed by atoms with van der Waals surface area (Å²) in [7, 11) is 0. The second-order valence-corrected chi connectivity index (χ2v) is 8.65. The Labute approximate surface area is 165 Å². The third kappa shape index (κ3) is 3.27. The zero-order valence-electron chi connectivity index (χ0n) is 14.1. The topological polar surface area (TPSA) is 55.1 Å². The summed E-state index contributed by atoms with van der Waals surface area (Å²) >= 11 is 13.2. The number of hydrogen-bond donors (Lipinski definition) is 1. The number of anilines is 1. The molecule has 4 nitrogen and oxygen atoms in total. The lowest BCUT2D eigenvalue weighted by Crippen LogP contribution is -2.12. The smallest absolute Gasteiger partial charge is 0.258 e. The standard InChI is InChI=1S/C19H16Cl2N2O2S/c1-10-6-7-11(17-12-4-2-3-5-14(12)23-25-17)8-15(10)22-19(24)13-9-16(20)26-18(13)21/h6-9H,2-5H2,1H3,(H,22,24). The Hall–Kier alpha value is -1.82. The maximum absolute atomic E-state index is 12.5. The van der Waals surface area contributed by atoms with Gasteiger partial charge in [-0.25, -0.2) is 0 Å². The first-order valence-electron chi connectivity index (χ1n) is 8.37. The predicted octanol–water partition coefficient (Wildman–Crippen LogP) is 6.15. The Bertz CT molecular complexity index is 994. The molecule has 0 saturated carbocycles. The number of carbonyl (C=O) groups is 1. The van der Waals surface area contributed by atoms with Crippen LogP contribution < -0.4 is 5.32 Å².